The second-order valence-electron chi connectivity index (χ2n) is 13.1. The number of aliphatic hydroxyl groups excluding tert-OH is 1. The molecule has 0 saturated carbocycles. The molecule has 5 rings (SSSR count). The number of carbonyl (C=O) groups excluding carboxylic acids is 3. The molecule has 1 unspecified atom stereocenters. The lowest BCUT2D eigenvalue weighted by atomic mass is 10.0. The number of nitrogens with one attached hydrogen (secondary N) is 4. The smallest absolute Gasteiger partial charge is 0.396 e. The average molecular weight is 755 g/mol. The van der Waals surface area contributed by atoms with E-state index in [1.165, 1.54) is 18.2 Å². The number of unbranched alkanes of at least 4 members (excludes halogenated alkanes) is 1. The molecule has 2 aromatic heterocycles. The monoisotopic (exact) mass is 754 g/mol. The summed E-state index contributed by atoms with van der Waals surface area (Å²) in [6.45, 7) is 3.65. The van der Waals surface area contributed by atoms with Gasteiger partial charge in [0.25, 0.3) is 5.91 Å². The summed E-state index contributed by atoms with van der Waals surface area (Å²) in [6.07, 6.45) is 4.50. The SMILES string of the molecule is Cc1[nH]c(/C=C2\C(=O)Nc3ccc(F)cc32)c(C)c1CCC(=O)N[C@H](CC(=O)NCCCCC(CO)COP(=O)(O)O)Cc1csc2ccccc12. The van der Waals surface area contributed by atoms with Gasteiger partial charge in [0.2, 0.25) is 11.8 Å². The van der Waals surface area contributed by atoms with Gasteiger partial charge in [0, 0.05) is 65.3 Å². The fraction of sp³-hybridized carbons (Fsp3) is 0.378. The highest BCUT2D eigenvalue weighted by molar-refractivity contribution is 7.46. The fourth-order valence-corrected chi connectivity index (χ4v) is 7.84. The number of rotatable bonds is 18. The number of aromatic amines is 1. The van der Waals surface area contributed by atoms with E-state index in [1.807, 2.05) is 38.1 Å². The summed E-state index contributed by atoms with van der Waals surface area (Å²) in [6, 6.07) is 11.7. The van der Waals surface area contributed by atoms with Crippen LogP contribution in [0, 0.1) is 25.6 Å². The van der Waals surface area contributed by atoms with Crippen LogP contribution in [0.25, 0.3) is 21.7 Å². The van der Waals surface area contributed by atoms with Crippen molar-refractivity contribution in [3.05, 3.63) is 87.3 Å². The number of fused-ring (bicyclic) bond motifs is 2. The first-order valence-corrected chi connectivity index (χ1v) is 19.6. The van der Waals surface area contributed by atoms with Crippen molar-refractivity contribution in [2.24, 2.45) is 5.92 Å². The number of phosphoric ester groups is 1. The number of hydrogen-bond donors (Lipinski definition) is 7. The predicted octanol–water partition coefficient (Wildman–Crippen LogP) is 5.53. The molecule has 1 aliphatic heterocycles. The zero-order valence-electron chi connectivity index (χ0n) is 29.0. The first kappa shape index (κ1) is 39.0. The molecule has 0 radical (unpaired) electrons. The number of anilines is 1. The number of halogens is 1. The molecular weight excluding hydrogens is 710 g/mol. The van der Waals surface area contributed by atoms with E-state index in [-0.39, 0.29) is 43.8 Å². The number of phosphoric acid groups is 1. The van der Waals surface area contributed by atoms with Crippen molar-refractivity contribution in [1.29, 1.82) is 0 Å². The molecule has 52 heavy (non-hydrogen) atoms. The van der Waals surface area contributed by atoms with Crippen molar-refractivity contribution in [3.8, 4) is 0 Å². The minimum atomic E-state index is -4.61. The summed E-state index contributed by atoms with van der Waals surface area (Å²) < 4.78 is 30.5. The molecule has 1 aliphatic rings. The zero-order chi connectivity index (χ0) is 37.4. The first-order valence-electron chi connectivity index (χ1n) is 17.1. The Morgan fingerprint density at radius 3 is 2.67 bits per heavy atom. The van der Waals surface area contributed by atoms with Gasteiger partial charge >= 0.3 is 7.82 Å². The highest BCUT2D eigenvalue weighted by atomic mass is 32.1. The second-order valence-corrected chi connectivity index (χ2v) is 15.2. The van der Waals surface area contributed by atoms with Crippen LogP contribution in [-0.2, 0) is 36.3 Å². The summed E-state index contributed by atoms with van der Waals surface area (Å²) >= 11 is 1.61. The maximum Gasteiger partial charge on any atom is 0.469 e. The number of benzene rings is 2. The van der Waals surface area contributed by atoms with Gasteiger partial charge in [0.15, 0.2) is 0 Å². The number of aliphatic hydroxyl groups is 1. The van der Waals surface area contributed by atoms with Crippen molar-refractivity contribution in [1.82, 2.24) is 15.6 Å². The van der Waals surface area contributed by atoms with E-state index in [4.69, 9.17) is 9.79 Å². The Morgan fingerprint density at radius 2 is 1.90 bits per heavy atom. The van der Waals surface area contributed by atoms with Crippen LogP contribution in [0.1, 0.15) is 65.7 Å². The minimum absolute atomic E-state index is 0.0648. The Kier molecular flexibility index (Phi) is 13.2. The Bertz CT molecular complexity index is 2000. The highest BCUT2D eigenvalue weighted by Crippen LogP contribution is 2.37. The van der Waals surface area contributed by atoms with E-state index in [9.17, 15) is 28.4 Å². The molecule has 0 aliphatic carbocycles. The lowest BCUT2D eigenvalue weighted by molar-refractivity contribution is -0.123. The summed E-state index contributed by atoms with van der Waals surface area (Å²) in [7, 11) is -4.61. The van der Waals surface area contributed by atoms with Crippen molar-refractivity contribution >= 4 is 64.3 Å². The van der Waals surface area contributed by atoms with Crippen molar-refractivity contribution in [2.75, 3.05) is 25.1 Å². The summed E-state index contributed by atoms with van der Waals surface area (Å²) in [5.41, 5.74) is 5.82. The van der Waals surface area contributed by atoms with E-state index in [0.717, 1.165) is 32.5 Å². The molecule has 2 atom stereocenters. The fourth-order valence-electron chi connectivity index (χ4n) is 6.46. The number of thiophene rings is 1. The third-order valence-electron chi connectivity index (χ3n) is 9.21. The van der Waals surface area contributed by atoms with Crippen LogP contribution in [0.3, 0.4) is 0 Å². The van der Waals surface area contributed by atoms with Crippen LogP contribution in [-0.4, -0.2) is 63.4 Å². The van der Waals surface area contributed by atoms with Gasteiger partial charge in [-0.3, -0.25) is 18.9 Å². The van der Waals surface area contributed by atoms with Gasteiger partial charge in [-0.25, -0.2) is 8.96 Å². The Labute approximate surface area is 305 Å². The predicted molar refractivity (Wildman–Crippen MR) is 199 cm³/mol. The maximum absolute atomic E-state index is 14.0. The summed E-state index contributed by atoms with van der Waals surface area (Å²) in [4.78, 5) is 60.2. The lowest BCUT2D eigenvalue weighted by Crippen LogP contribution is -2.40. The van der Waals surface area contributed by atoms with Crippen LogP contribution in [0.2, 0.25) is 0 Å². The molecule has 0 spiro atoms. The van der Waals surface area contributed by atoms with Gasteiger partial charge < -0.3 is 35.8 Å². The van der Waals surface area contributed by atoms with Crippen LogP contribution >= 0.6 is 19.2 Å². The molecule has 12 nitrogen and oxygen atoms in total. The van der Waals surface area contributed by atoms with Gasteiger partial charge in [0.1, 0.15) is 5.82 Å². The molecule has 7 N–H and O–H groups in total. The molecule has 3 heterocycles. The lowest BCUT2D eigenvalue weighted by Gasteiger charge is -2.19. The quantitative estimate of drug-likeness (QED) is 0.0392. The van der Waals surface area contributed by atoms with Crippen LogP contribution in [0.5, 0.6) is 0 Å². The van der Waals surface area contributed by atoms with E-state index in [2.05, 4.69) is 30.8 Å². The van der Waals surface area contributed by atoms with Crippen LogP contribution in [0.4, 0.5) is 10.1 Å². The summed E-state index contributed by atoms with van der Waals surface area (Å²) in [5.74, 6) is -1.61. The minimum Gasteiger partial charge on any atom is -0.396 e. The second kappa shape index (κ2) is 17.6. The number of amides is 3. The van der Waals surface area contributed by atoms with Gasteiger partial charge in [-0.15, -0.1) is 11.3 Å². The normalized spacial score (nSPS) is 14.7. The molecule has 2 aromatic carbocycles. The molecule has 0 fully saturated rings. The number of carbonyl (C=O) groups is 3. The van der Waals surface area contributed by atoms with Crippen molar-refractivity contribution < 1.29 is 42.8 Å². The maximum atomic E-state index is 14.0. The van der Waals surface area contributed by atoms with Crippen LogP contribution in [0.15, 0.2) is 47.8 Å². The zero-order valence-corrected chi connectivity index (χ0v) is 30.7. The molecule has 4 aromatic rings. The van der Waals surface area contributed by atoms with E-state index < -0.39 is 25.6 Å². The van der Waals surface area contributed by atoms with Crippen molar-refractivity contribution in [3.63, 3.8) is 0 Å². The number of H-pyrrole nitrogens is 1. The number of hydrogen-bond acceptors (Lipinski definition) is 7. The van der Waals surface area contributed by atoms with Gasteiger partial charge in [-0.2, -0.15) is 0 Å². The molecular formula is C37H44FN4O8PS. The average Bonchev–Trinajstić information content (AvgIpc) is 3.72. The topological polar surface area (TPSA) is 190 Å². The van der Waals surface area contributed by atoms with Crippen LogP contribution < -0.4 is 16.0 Å². The Balaban J connectivity index is 1.19. The number of aromatic nitrogens is 1. The van der Waals surface area contributed by atoms with Gasteiger partial charge in [-0.1, -0.05) is 24.6 Å². The van der Waals surface area contributed by atoms with E-state index in [1.54, 1.807) is 17.4 Å². The Hall–Kier alpha value is -4.17. The molecule has 0 saturated heterocycles. The molecule has 15 heteroatoms. The molecule has 0 bridgehead atoms. The highest BCUT2D eigenvalue weighted by Gasteiger charge is 2.26. The third-order valence-corrected chi connectivity index (χ3v) is 10.7. The standard InChI is InChI=1S/C37H44FN4O8PS/c1-22-28(23(2)40-33(22)18-31-30-16-26(38)10-12-32(30)42-37(31)46)11-13-35(44)41-27(15-25-21-52-34-9-4-3-8-29(25)34)17-36(45)39-14-6-5-7-24(19-43)20-50-51(47,48)49/h3-4,8-10,12,16,18,21,24,27,40,43H,5-7,11,13-15,17,19-20H2,1-2H3,(H,39,45)(H,41,44)(H,42,46)(H2,47,48,49)/b31-18-/t24?,27-/m0/s1. The number of aryl methyl sites for hydroxylation is 1. The Morgan fingerprint density at radius 1 is 1.12 bits per heavy atom. The third kappa shape index (κ3) is 10.5. The van der Waals surface area contributed by atoms with Gasteiger partial charge in [0.05, 0.1) is 12.2 Å². The largest absolute Gasteiger partial charge is 0.469 e. The first-order chi connectivity index (χ1) is 24.8. The molecule has 3 amide bonds. The van der Waals surface area contributed by atoms with Gasteiger partial charge in [-0.05, 0) is 97.3 Å². The molecule has 278 valence electrons. The summed E-state index contributed by atoms with van der Waals surface area (Å²) in [5, 5.41) is 21.4. The van der Waals surface area contributed by atoms with E-state index >= 15 is 0 Å². The van der Waals surface area contributed by atoms with Crippen molar-refractivity contribution in [2.45, 2.75) is 64.8 Å². The van der Waals surface area contributed by atoms with E-state index in [0.29, 0.717) is 61.2 Å².